The Morgan fingerprint density at radius 3 is 0.867 bits per heavy atom. The number of methoxy groups -OCH3 is 2. The van der Waals surface area contributed by atoms with Gasteiger partial charge < -0.3 is 9.47 Å². The van der Waals surface area contributed by atoms with E-state index in [4.69, 9.17) is 9.47 Å². The van der Waals surface area contributed by atoms with E-state index in [1.807, 2.05) is 14.2 Å². The highest BCUT2D eigenvalue weighted by Crippen LogP contribution is 2.65. The maximum atomic E-state index is 6.62. The molecule has 2 heteroatoms. The molecule has 2 aliphatic carbocycles. The molecule has 6 rings (SSSR count). The molecule has 0 heterocycles. The van der Waals surface area contributed by atoms with E-state index in [0.29, 0.717) is 0 Å². The monoisotopic (exact) mass is 390 g/mol. The molecule has 0 radical (unpaired) electrons. The third kappa shape index (κ3) is 1.82. The molecule has 0 aliphatic heterocycles. The van der Waals surface area contributed by atoms with Gasteiger partial charge in [-0.1, -0.05) is 97.1 Å². The van der Waals surface area contributed by atoms with Crippen molar-refractivity contribution in [2.45, 2.75) is 11.2 Å². The maximum Gasteiger partial charge on any atom is 0.156 e. The van der Waals surface area contributed by atoms with Gasteiger partial charge in [-0.2, -0.15) is 0 Å². The molecular formula is C28H22O2. The summed E-state index contributed by atoms with van der Waals surface area (Å²) in [6, 6.07) is 34.2. The van der Waals surface area contributed by atoms with Gasteiger partial charge in [0, 0.05) is 14.2 Å². The second kappa shape index (κ2) is 6.15. The molecule has 0 bridgehead atoms. The van der Waals surface area contributed by atoms with Crippen molar-refractivity contribution in [1.29, 1.82) is 0 Å². The van der Waals surface area contributed by atoms with E-state index >= 15 is 0 Å². The van der Waals surface area contributed by atoms with Gasteiger partial charge in [-0.05, 0) is 44.5 Å². The zero-order chi connectivity index (χ0) is 20.3. The summed E-state index contributed by atoms with van der Waals surface area (Å²) in [5, 5.41) is 0. The zero-order valence-electron chi connectivity index (χ0n) is 17.1. The first-order valence-corrected chi connectivity index (χ1v) is 10.3. The van der Waals surface area contributed by atoms with Crippen LogP contribution in [-0.2, 0) is 20.7 Å². The van der Waals surface area contributed by atoms with Gasteiger partial charge >= 0.3 is 0 Å². The van der Waals surface area contributed by atoms with Crippen LogP contribution >= 0.6 is 0 Å². The van der Waals surface area contributed by atoms with E-state index in [-0.39, 0.29) is 0 Å². The minimum Gasteiger partial charge on any atom is -0.365 e. The molecule has 0 saturated heterocycles. The first-order chi connectivity index (χ1) is 14.8. The number of hydrogen-bond acceptors (Lipinski definition) is 2. The van der Waals surface area contributed by atoms with Crippen LogP contribution in [0.25, 0.3) is 22.3 Å². The molecule has 0 spiro atoms. The van der Waals surface area contributed by atoms with Crippen molar-refractivity contribution in [2.24, 2.45) is 0 Å². The Balaban J connectivity index is 1.82. The second-order valence-electron chi connectivity index (χ2n) is 7.95. The molecule has 0 amide bonds. The number of benzene rings is 4. The van der Waals surface area contributed by atoms with E-state index in [2.05, 4.69) is 97.1 Å². The molecule has 30 heavy (non-hydrogen) atoms. The maximum absolute atomic E-state index is 6.62. The van der Waals surface area contributed by atoms with Crippen LogP contribution in [-0.4, -0.2) is 14.2 Å². The van der Waals surface area contributed by atoms with Gasteiger partial charge in [-0.3, -0.25) is 0 Å². The predicted molar refractivity (Wildman–Crippen MR) is 119 cm³/mol. The number of rotatable bonds is 3. The standard InChI is InChI=1S/C28H22O2/c1-29-27(23-15-7-3-11-19(23)20-12-4-8-16-24(20)27)28(30-2)25-17-9-5-13-21(25)22-14-6-10-18-26(22)28/h3-18H,1-2H3. The lowest BCUT2D eigenvalue weighted by Gasteiger charge is -2.47. The largest absolute Gasteiger partial charge is 0.365 e. The smallest absolute Gasteiger partial charge is 0.156 e. The van der Waals surface area contributed by atoms with Crippen LogP contribution in [0.2, 0.25) is 0 Å². The van der Waals surface area contributed by atoms with Crippen molar-refractivity contribution >= 4 is 0 Å². The fourth-order valence-electron chi connectivity index (χ4n) is 5.88. The molecule has 0 fully saturated rings. The summed E-state index contributed by atoms with van der Waals surface area (Å²) < 4.78 is 13.2. The van der Waals surface area contributed by atoms with Crippen molar-refractivity contribution in [1.82, 2.24) is 0 Å². The molecule has 0 aromatic heterocycles. The summed E-state index contributed by atoms with van der Waals surface area (Å²) >= 11 is 0. The highest BCUT2D eigenvalue weighted by atomic mass is 16.5. The van der Waals surface area contributed by atoms with Crippen molar-refractivity contribution < 1.29 is 9.47 Å². The number of hydrogen-bond donors (Lipinski definition) is 0. The molecule has 2 nitrogen and oxygen atoms in total. The van der Waals surface area contributed by atoms with E-state index in [1.165, 1.54) is 22.3 Å². The molecule has 4 aromatic carbocycles. The van der Waals surface area contributed by atoms with Crippen LogP contribution in [0.15, 0.2) is 97.1 Å². The van der Waals surface area contributed by atoms with Crippen molar-refractivity contribution in [2.75, 3.05) is 14.2 Å². The van der Waals surface area contributed by atoms with Gasteiger partial charge in [-0.25, -0.2) is 0 Å². The van der Waals surface area contributed by atoms with Crippen LogP contribution < -0.4 is 0 Å². The Labute approximate surface area is 176 Å². The summed E-state index contributed by atoms with van der Waals surface area (Å²) in [5.74, 6) is 0. The average Bonchev–Trinajstić information content (AvgIpc) is 3.28. The Morgan fingerprint density at radius 1 is 0.400 bits per heavy atom. The highest BCUT2D eigenvalue weighted by Gasteiger charge is 2.64. The fraction of sp³-hybridized carbons (Fsp3) is 0.143. The lowest BCUT2D eigenvalue weighted by Crippen LogP contribution is -2.51. The van der Waals surface area contributed by atoms with E-state index in [9.17, 15) is 0 Å². The minimum absolute atomic E-state index is 0.808. The SMILES string of the molecule is COC1(C2(OC)c3ccccc3-c3ccccc32)c2ccccc2-c2ccccc21. The van der Waals surface area contributed by atoms with E-state index < -0.39 is 11.2 Å². The van der Waals surface area contributed by atoms with Gasteiger partial charge in [0.25, 0.3) is 0 Å². The first-order valence-electron chi connectivity index (χ1n) is 10.3. The topological polar surface area (TPSA) is 18.5 Å². The molecular weight excluding hydrogens is 368 g/mol. The number of ether oxygens (including phenoxy) is 2. The van der Waals surface area contributed by atoms with Crippen molar-refractivity contribution in [3.8, 4) is 22.3 Å². The molecule has 2 aliphatic rings. The Bertz CT molecular complexity index is 1100. The first kappa shape index (κ1) is 17.6. The van der Waals surface area contributed by atoms with Gasteiger partial charge in [0.2, 0.25) is 0 Å². The van der Waals surface area contributed by atoms with Crippen LogP contribution in [0.1, 0.15) is 22.3 Å². The lowest BCUT2D eigenvalue weighted by atomic mass is 9.70. The molecule has 0 atom stereocenters. The predicted octanol–water partition coefficient (Wildman–Crippen LogP) is 6.13. The van der Waals surface area contributed by atoms with Crippen LogP contribution in [0, 0.1) is 0 Å². The lowest BCUT2D eigenvalue weighted by molar-refractivity contribution is -0.149. The summed E-state index contributed by atoms with van der Waals surface area (Å²) in [6.07, 6.45) is 0. The van der Waals surface area contributed by atoms with E-state index in [0.717, 1.165) is 22.3 Å². The second-order valence-corrected chi connectivity index (χ2v) is 7.95. The van der Waals surface area contributed by atoms with Gasteiger partial charge in [0.1, 0.15) is 0 Å². The van der Waals surface area contributed by atoms with Gasteiger partial charge in [0.15, 0.2) is 11.2 Å². The quantitative estimate of drug-likeness (QED) is 0.419. The fourth-order valence-corrected chi connectivity index (χ4v) is 5.88. The normalized spacial score (nSPS) is 16.5. The third-order valence-electron chi connectivity index (χ3n) is 6.91. The Morgan fingerprint density at radius 2 is 0.633 bits per heavy atom. The Kier molecular flexibility index (Phi) is 3.62. The third-order valence-corrected chi connectivity index (χ3v) is 6.91. The van der Waals surface area contributed by atoms with Crippen LogP contribution in [0.5, 0.6) is 0 Å². The van der Waals surface area contributed by atoms with Gasteiger partial charge in [-0.15, -0.1) is 0 Å². The highest BCUT2D eigenvalue weighted by molar-refractivity contribution is 5.87. The van der Waals surface area contributed by atoms with Crippen molar-refractivity contribution in [3.63, 3.8) is 0 Å². The summed E-state index contributed by atoms with van der Waals surface area (Å²) in [7, 11) is 3.62. The van der Waals surface area contributed by atoms with Crippen molar-refractivity contribution in [3.05, 3.63) is 119 Å². The van der Waals surface area contributed by atoms with Crippen LogP contribution in [0.4, 0.5) is 0 Å². The summed E-state index contributed by atoms with van der Waals surface area (Å²) in [6.45, 7) is 0. The molecule has 4 aromatic rings. The zero-order valence-corrected chi connectivity index (χ0v) is 17.1. The Hall–Kier alpha value is -3.20. The molecule has 0 N–H and O–H groups in total. The minimum atomic E-state index is -0.808. The summed E-state index contributed by atoms with van der Waals surface area (Å²) in [4.78, 5) is 0. The average molecular weight is 390 g/mol. The van der Waals surface area contributed by atoms with E-state index in [1.54, 1.807) is 0 Å². The molecule has 0 unspecified atom stereocenters. The number of fused-ring (bicyclic) bond motifs is 6. The molecule has 0 saturated carbocycles. The molecule has 146 valence electrons. The summed E-state index contributed by atoms with van der Waals surface area (Å²) in [5.41, 5.74) is 7.76. The van der Waals surface area contributed by atoms with Crippen LogP contribution in [0.3, 0.4) is 0 Å². The van der Waals surface area contributed by atoms with Gasteiger partial charge in [0.05, 0.1) is 0 Å².